The first kappa shape index (κ1) is 32.7. The minimum atomic E-state index is -0.348. The Labute approximate surface area is 238 Å². The van der Waals surface area contributed by atoms with Crippen molar-refractivity contribution in [3.05, 3.63) is 48.6 Å². The number of aliphatic hydroxyl groups excluding tert-OH is 1. The fraction of sp³-hybridized carbons (Fsp3) is 0.633. The number of thioether (sulfide) groups is 1. The van der Waals surface area contributed by atoms with E-state index in [1.54, 1.807) is 0 Å². The Morgan fingerprint density at radius 2 is 1.67 bits per heavy atom. The summed E-state index contributed by atoms with van der Waals surface area (Å²) in [6, 6.07) is 0.350. The van der Waals surface area contributed by atoms with Gasteiger partial charge >= 0.3 is 6.03 Å². The highest BCUT2D eigenvalue weighted by molar-refractivity contribution is 8.00. The zero-order valence-electron chi connectivity index (χ0n) is 23.4. The van der Waals surface area contributed by atoms with E-state index < -0.39 is 0 Å². The molecule has 5 N–H and O–H groups in total. The molecular weight excluding hydrogens is 512 g/mol. The standard InChI is InChI=1S/C30H48N4O4S/c1-2-3-13-18-24(35)19-14-11-9-7-5-4-6-8-10-12-15-21-27(36)33-34-28(37)22-17-16-20-26-29-25(23-39-26)31-30(38)32-29/h4-5,8-11,14,19,24-26,29,35H,2-3,6-7,12-13,15-18,20-23H2,1H3,(H,33,36)(H,34,37)(H2,31,32,38)/b5-4-,10-8-,11-9-,19-14+/t24-,25+,26-,29-/m0/s1. The number of fused-ring (bicyclic) bond motifs is 1. The average molecular weight is 561 g/mol. The second kappa shape index (κ2) is 20.4. The van der Waals surface area contributed by atoms with Gasteiger partial charge in [-0.25, -0.2) is 4.79 Å². The Kier molecular flexibility index (Phi) is 17.1. The van der Waals surface area contributed by atoms with Gasteiger partial charge in [0, 0.05) is 23.8 Å². The molecular formula is C30H48N4O4S. The second-order valence-corrected chi connectivity index (χ2v) is 11.4. The van der Waals surface area contributed by atoms with E-state index in [1.165, 1.54) is 12.8 Å². The molecule has 0 unspecified atom stereocenters. The van der Waals surface area contributed by atoms with Crippen molar-refractivity contribution >= 4 is 29.6 Å². The molecule has 2 saturated heterocycles. The lowest BCUT2D eigenvalue weighted by atomic mass is 10.0. The molecule has 4 atom stereocenters. The van der Waals surface area contributed by atoms with Crippen LogP contribution in [-0.4, -0.2) is 52.1 Å². The number of nitrogens with one attached hydrogen (secondary N) is 4. The number of aliphatic hydroxyl groups is 1. The van der Waals surface area contributed by atoms with E-state index in [2.05, 4.69) is 58.8 Å². The van der Waals surface area contributed by atoms with Gasteiger partial charge in [-0.2, -0.15) is 11.8 Å². The van der Waals surface area contributed by atoms with E-state index in [0.717, 1.165) is 63.5 Å². The maximum absolute atomic E-state index is 12.0. The monoisotopic (exact) mass is 560 g/mol. The molecule has 39 heavy (non-hydrogen) atoms. The summed E-state index contributed by atoms with van der Waals surface area (Å²) in [4.78, 5) is 35.3. The predicted octanol–water partition coefficient (Wildman–Crippen LogP) is 4.98. The minimum Gasteiger partial charge on any atom is -0.389 e. The van der Waals surface area contributed by atoms with Gasteiger partial charge in [-0.05, 0) is 44.9 Å². The molecule has 2 aliphatic rings. The summed E-state index contributed by atoms with van der Waals surface area (Å²) in [5, 5.41) is 16.1. The Hall–Kier alpha value is -2.52. The normalized spacial score (nSPS) is 21.6. The average Bonchev–Trinajstić information content (AvgIpc) is 3.47. The molecule has 0 aliphatic carbocycles. The molecule has 0 radical (unpaired) electrons. The van der Waals surface area contributed by atoms with Crippen molar-refractivity contribution in [1.82, 2.24) is 21.5 Å². The maximum atomic E-state index is 12.0. The van der Waals surface area contributed by atoms with Crippen LogP contribution >= 0.6 is 11.8 Å². The number of allylic oxidation sites excluding steroid dienone is 7. The van der Waals surface area contributed by atoms with Crippen molar-refractivity contribution in [2.75, 3.05) is 5.75 Å². The largest absolute Gasteiger partial charge is 0.389 e. The zero-order valence-corrected chi connectivity index (χ0v) is 24.2. The van der Waals surface area contributed by atoms with Gasteiger partial charge in [-0.3, -0.25) is 20.4 Å². The predicted molar refractivity (Wildman–Crippen MR) is 160 cm³/mol. The van der Waals surface area contributed by atoms with Crippen molar-refractivity contribution in [2.45, 2.75) is 114 Å². The molecule has 0 aromatic heterocycles. The van der Waals surface area contributed by atoms with Crippen LogP contribution in [0.4, 0.5) is 4.79 Å². The Morgan fingerprint density at radius 3 is 2.44 bits per heavy atom. The smallest absolute Gasteiger partial charge is 0.315 e. The fourth-order valence-electron chi connectivity index (χ4n) is 4.53. The van der Waals surface area contributed by atoms with Crippen molar-refractivity contribution in [3.63, 3.8) is 0 Å². The van der Waals surface area contributed by atoms with Crippen LogP contribution in [0.5, 0.6) is 0 Å². The number of hydrazine groups is 1. The van der Waals surface area contributed by atoms with E-state index >= 15 is 0 Å². The molecule has 4 amide bonds. The van der Waals surface area contributed by atoms with Gasteiger partial charge in [-0.1, -0.05) is 81.2 Å². The van der Waals surface area contributed by atoms with Crippen LogP contribution in [0.2, 0.25) is 0 Å². The molecule has 0 saturated carbocycles. The third-order valence-corrected chi connectivity index (χ3v) is 8.27. The molecule has 0 aromatic rings. The molecule has 0 aromatic carbocycles. The Balaban J connectivity index is 1.39. The molecule has 218 valence electrons. The van der Waals surface area contributed by atoms with E-state index in [0.29, 0.717) is 18.1 Å². The summed E-state index contributed by atoms with van der Waals surface area (Å²) < 4.78 is 0. The number of urea groups is 1. The van der Waals surface area contributed by atoms with Crippen molar-refractivity contribution in [1.29, 1.82) is 0 Å². The molecule has 0 bridgehead atoms. The van der Waals surface area contributed by atoms with Crippen LogP contribution < -0.4 is 21.5 Å². The highest BCUT2D eigenvalue weighted by Crippen LogP contribution is 2.33. The molecule has 9 heteroatoms. The summed E-state index contributed by atoms with van der Waals surface area (Å²) >= 11 is 1.88. The topological polar surface area (TPSA) is 120 Å². The highest BCUT2D eigenvalue weighted by Gasteiger charge is 2.42. The Bertz CT molecular complexity index is 858. The lowest BCUT2D eigenvalue weighted by Gasteiger charge is -2.16. The summed E-state index contributed by atoms with van der Waals surface area (Å²) in [5.41, 5.74) is 5.00. The van der Waals surface area contributed by atoms with Crippen LogP contribution in [0.3, 0.4) is 0 Å². The summed E-state index contributed by atoms with van der Waals surface area (Å²) in [5.74, 6) is 0.591. The first-order valence-corrected chi connectivity index (χ1v) is 15.6. The number of unbranched alkanes of at least 4 members (excludes halogenated alkanes) is 4. The number of carbonyl (C=O) groups is 3. The lowest BCUT2D eigenvalue weighted by Crippen LogP contribution is -2.41. The van der Waals surface area contributed by atoms with Gasteiger partial charge in [0.05, 0.1) is 18.2 Å². The highest BCUT2D eigenvalue weighted by atomic mass is 32.2. The van der Waals surface area contributed by atoms with Crippen molar-refractivity contribution < 1.29 is 19.5 Å². The van der Waals surface area contributed by atoms with Gasteiger partial charge in [0.25, 0.3) is 0 Å². The van der Waals surface area contributed by atoms with Crippen LogP contribution in [0.1, 0.15) is 90.4 Å². The van der Waals surface area contributed by atoms with Gasteiger partial charge in [0.1, 0.15) is 0 Å². The number of hydrogen-bond acceptors (Lipinski definition) is 5. The minimum absolute atomic E-state index is 0.0756. The van der Waals surface area contributed by atoms with E-state index in [-0.39, 0.29) is 36.0 Å². The van der Waals surface area contributed by atoms with Crippen LogP contribution in [0.25, 0.3) is 0 Å². The van der Waals surface area contributed by atoms with Gasteiger partial charge < -0.3 is 15.7 Å². The SMILES string of the molecule is CCCCC[C@H](O)/C=C/C=C\C/C=C\C/C=C\CCCC(=O)NNC(=O)CCCC[C@@H]1SC[C@H]2NC(=O)N[C@H]12. The second-order valence-electron chi connectivity index (χ2n) is 10.1. The van der Waals surface area contributed by atoms with Crippen LogP contribution in [0, 0.1) is 0 Å². The Morgan fingerprint density at radius 1 is 0.949 bits per heavy atom. The van der Waals surface area contributed by atoms with Crippen molar-refractivity contribution in [2.24, 2.45) is 0 Å². The lowest BCUT2D eigenvalue weighted by molar-refractivity contribution is -0.129. The molecule has 8 nitrogen and oxygen atoms in total. The fourth-order valence-corrected chi connectivity index (χ4v) is 6.08. The molecule has 2 fully saturated rings. The van der Waals surface area contributed by atoms with Gasteiger partial charge in [-0.15, -0.1) is 0 Å². The molecule has 2 aliphatic heterocycles. The van der Waals surface area contributed by atoms with Crippen molar-refractivity contribution in [3.8, 4) is 0 Å². The zero-order chi connectivity index (χ0) is 28.1. The molecule has 2 heterocycles. The van der Waals surface area contributed by atoms with E-state index in [4.69, 9.17) is 0 Å². The first-order valence-electron chi connectivity index (χ1n) is 14.6. The number of carbonyl (C=O) groups excluding carboxylic acids is 3. The third-order valence-electron chi connectivity index (χ3n) is 6.76. The number of hydrogen-bond donors (Lipinski definition) is 5. The van der Waals surface area contributed by atoms with Crippen LogP contribution in [0.15, 0.2) is 48.6 Å². The maximum Gasteiger partial charge on any atom is 0.315 e. The van der Waals surface area contributed by atoms with Gasteiger partial charge in [0.2, 0.25) is 11.8 Å². The number of amides is 4. The number of rotatable bonds is 19. The molecule has 2 rings (SSSR count). The third kappa shape index (κ3) is 15.0. The van der Waals surface area contributed by atoms with E-state index in [9.17, 15) is 19.5 Å². The summed E-state index contributed by atoms with van der Waals surface area (Å²) in [6.45, 7) is 2.16. The quantitative estimate of drug-likeness (QED) is 0.0502. The van der Waals surface area contributed by atoms with Crippen LogP contribution in [-0.2, 0) is 9.59 Å². The first-order chi connectivity index (χ1) is 19.0. The molecule has 0 spiro atoms. The summed E-state index contributed by atoms with van der Waals surface area (Å²) in [7, 11) is 0. The summed E-state index contributed by atoms with van der Waals surface area (Å²) in [6.07, 6.45) is 26.7. The van der Waals surface area contributed by atoms with E-state index in [1.807, 2.05) is 30.0 Å². The van der Waals surface area contributed by atoms with Gasteiger partial charge in [0.15, 0.2) is 0 Å².